The average molecular weight is 437 g/mol. The number of tetrazole rings is 1. The Hall–Kier alpha value is -3.00. The Bertz CT molecular complexity index is 1040. The van der Waals surface area contributed by atoms with E-state index < -0.39 is 0 Å². The Kier molecular flexibility index (Phi) is 6.03. The van der Waals surface area contributed by atoms with Crippen molar-refractivity contribution in [2.75, 3.05) is 38.2 Å². The SMILES string of the molecule is COc1cccc(N2CCN([C@@H](c3ccccc3F)c3nnnn3C3CCCC3)CC2)c1. The second kappa shape index (κ2) is 9.24. The van der Waals surface area contributed by atoms with Gasteiger partial charge in [-0.25, -0.2) is 9.07 Å². The van der Waals surface area contributed by atoms with Crippen molar-refractivity contribution in [2.45, 2.75) is 37.8 Å². The molecular formula is C24H29FN6O. The summed E-state index contributed by atoms with van der Waals surface area (Å²) in [6.07, 6.45) is 4.53. The van der Waals surface area contributed by atoms with Crippen molar-refractivity contribution < 1.29 is 9.13 Å². The zero-order valence-corrected chi connectivity index (χ0v) is 18.4. The second-order valence-electron chi connectivity index (χ2n) is 8.57. The van der Waals surface area contributed by atoms with Gasteiger partial charge in [-0.05, 0) is 41.5 Å². The lowest BCUT2D eigenvalue weighted by molar-refractivity contribution is 0.194. The number of piperazine rings is 1. The molecule has 1 saturated heterocycles. The number of benzene rings is 2. The molecule has 1 aliphatic carbocycles. The molecule has 2 aromatic carbocycles. The highest BCUT2D eigenvalue weighted by atomic mass is 19.1. The summed E-state index contributed by atoms with van der Waals surface area (Å²) < 4.78 is 22.3. The minimum Gasteiger partial charge on any atom is -0.497 e. The first-order chi connectivity index (χ1) is 15.7. The van der Waals surface area contributed by atoms with Gasteiger partial charge in [0.1, 0.15) is 17.6 Å². The summed E-state index contributed by atoms with van der Waals surface area (Å²) in [5, 5.41) is 12.8. The molecule has 3 aromatic rings. The quantitative estimate of drug-likeness (QED) is 0.585. The van der Waals surface area contributed by atoms with Crippen LogP contribution in [-0.4, -0.2) is 58.4 Å². The van der Waals surface area contributed by atoms with Crippen LogP contribution in [0.1, 0.15) is 49.2 Å². The normalized spacial score (nSPS) is 18.8. The smallest absolute Gasteiger partial charge is 0.173 e. The Balaban J connectivity index is 1.43. The van der Waals surface area contributed by atoms with Crippen molar-refractivity contribution >= 4 is 5.69 Å². The first kappa shape index (κ1) is 20.9. The molecule has 168 valence electrons. The van der Waals surface area contributed by atoms with E-state index in [4.69, 9.17) is 4.74 Å². The fraction of sp³-hybridized carbons (Fsp3) is 0.458. The lowest BCUT2D eigenvalue weighted by Gasteiger charge is -2.40. The van der Waals surface area contributed by atoms with Gasteiger partial charge in [0.25, 0.3) is 0 Å². The molecule has 1 atom stereocenters. The van der Waals surface area contributed by atoms with Crippen LogP contribution in [0, 0.1) is 5.82 Å². The third kappa shape index (κ3) is 4.07. The van der Waals surface area contributed by atoms with Gasteiger partial charge in [-0.3, -0.25) is 4.90 Å². The summed E-state index contributed by atoms with van der Waals surface area (Å²) in [6, 6.07) is 15.1. The van der Waals surface area contributed by atoms with E-state index in [2.05, 4.69) is 37.5 Å². The van der Waals surface area contributed by atoms with Gasteiger partial charge in [0, 0.05) is 43.5 Å². The van der Waals surface area contributed by atoms with Crippen molar-refractivity contribution in [3.63, 3.8) is 0 Å². The van der Waals surface area contributed by atoms with E-state index in [1.807, 2.05) is 28.9 Å². The standard InChI is InChI=1S/C24H29FN6O/c1-32-20-10-6-9-19(17-20)29-13-15-30(16-14-29)23(21-11-4-5-12-22(21)25)24-26-27-28-31(24)18-7-2-3-8-18/h4-6,9-12,17-18,23H,2-3,7-8,13-16H2,1H3/t23-/m0/s1. The third-order valence-corrected chi connectivity index (χ3v) is 6.73. The molecule has 7 nitrogen and oxygen atoms in total. The van der Waals surface area contributed by atoms with Crippen LogP contribution >= 0.6 is 0 Å². The molecule has 2 aliphatic rings. The highest BCUT2D eigenvalue weighted by molar-refractivity contribution is 5.51. The Morgan fingerprint density at radius 3 is 2.53 bits per heavy atom. The topological polar surface area (TPSA) is 59.3 Å². The molecule has 0 unspecified atom stereocenters. The van der Waals surface area contributed by atoms with E-state index in [9.17, 15) is 4.39 Å². The van der Waals surface area contributed by atoms with Crippen molar-refractivity contribution in [1.82, 2.24) is 25.1 Å². The Morgan fingerprint density at radius 2 is 1.78 bits per heavy atom. The summed E-state index contributed by atoms with van der Waals surface area (Å²) in [4.78, 5) is 4.66. The second-order valence-corrected chi connectivity index (χ2v) is 8.57. The van der Waals surface area contributed by atoms with Crippen LogP contribution in [0.4, 0.5) is 10.1 Å². The number of halogens is 1. The van der Waals surface area contributed by atoms with Gasteiger partial charge in [0.2, 0.25) is 0 Å². The molecule has 2 fully saturated rings. The van der Waals surface area contributed by atoms with Gasteiger partial charge in [-0.1, -0.05) is 37.1 Å². The fourth-order valence-corrected chi connectivity index (χ4v) is 5.03. The lowest BCUT2D eigenvalue weighted by Crippen LogP contribution is -2.48. The number of hydrogen-bond donors (Lipinski definition) is 0. The van der Waals surface area contributed by atoms with Crippen LogP contribution in [0.25, 0.3) is 0 Å². The summed E-state index contributed by atoms with van der Waals surface area (Å²) in [5.74, 6) is 1.38. The van der Waals surface area contributed by atoms with Gasteiger partial charge in [0.05, 0.1) is 13.2 Å². The van der Waals surface area contributed by atoms with E-state index >= 15 is 0 Å². The molecule has 1 aliphatic heterocycles. The largest absolute Gasteiger partial charge is 0.497 e. The van der Waals surface area contributed by atoms with Gasteiger partial charge in [-0.15, -0.1) is 5.10 Å². The zero-order chi connectivity index (χ0) is 21.9. The number of anilines is 1. The Morgan fingerprint density at radius 1 is 1.00 bits per heavy atom. The molecule has 0 spiro atoms. The van der Waals surface area contributed by atoms with Crippen LogP contribution in [-0.2, 0) is 0 Å². The summed E-state index contributed by atoms with van der Waals surface area (Å²) >= 11 is 0. The number of ether oxygens (including phenoxy) is 1. The number of methoxy groups -OCH3 is 1. The molecule has 8 heteroatoms. The first-order valence-electron chi connectivity index (χ1n) is 11.4. The molecule has 32 heavy (non-hydrogen) atoms. The average Bonchev–Trinajstić information content (AvgIpc) is 3.53. The van der Waals surface area contributed by atoms with Crippen LogP contribution in [0.15, 0.2) is 48.5 Å². The minimum atomic E-state index is -0.306. The van der Waals surface area contributed by atoms with Crippen molar-refractivity contribution in [3.8, 4) is 5.75 Å². The molecule has 1 aromatic heterocycles. The van der Waals surface area contributed by atoms with Gasteiger partial charge < -0.3 is 9.64 Å². The van der Waals surface area contributed by atoms with E-state index in [1.165, 1.54) is 18.9 Å². The zero-order valence-electron chi connectivity index (χ0n) is 18.4. The molecule has 0 radical (unpaired) electrons. The number of aromatic nitrogens is 4. The fourth-order valence-electron chi connectivity index (χ4n) is 5.03. The highest BCUT2D eigenvalue weighted by Gasteiger charge is 2.34. The molecule has 0 N–H and O–H groups in total. The maximum atomic E-state index is 15.0. The molecule has 2 heterocycles. The summed E-state index contributed by atoms with van der Waals surface area (Å²) in [5.41, 5.74) is 1.78. The molecule has 0 amide bonds. The summed E-state index contributed by atoms with van der Waals surface area (Å²) in [7, 11) is 1.69. The predicted octanol–water partition coefficient (Wildman–Crippen LogP) is 3.85. The van der Waals surface area contributed by atoms with E-state index in [0.29, 0.717) is 11.6 Å². The van der Waals surface area contributed by atoms with Crippen molar-refractivity contribution in [2.24, 2.45) is 0 Å². The van der Waals surface area contributed by atoms with Crippen LogP contribution in [0.2, 0.25) is 0 Å². The van der Waals surface area contributed by atoms with Gasteiger partial charge >= 0.3 is 0 Å². The minimum absolute atomic E-state index is 0.214. The van der Waals surface area contributed by atoms with Crippen LogP contribution in [0.5, 0.6) is 5.75 Å². The van der Waals surface area contributed by atoms with Gasteiger partial charge in [0.15, 0.2) is 5.82 Å². The van der Waals surface area contributed by atoms with Crippen LogP contribution in [0.3, 0.4) is 0 Å². The van der Waals surface area contributed by atoms with Crippen LogP contribution < -0.4 is 9.64 Å². The van der Waals surface area contributed by atoms with E-state index in [0.717, 1.165) is 56.3 Å². The highest BCUT2D eigenvalue weighted by Crippen LogP contribution is 2.35. The van der Waals surface area contributed by atoms with Gasteiger partial charge in [-0.2, -0.15) is 0 Å². The van der Waals surface area contributed by atoms with Crippen molar-refractivity contribution in [3.05, 3.63) is 65.7 Å². The molecule has 5 rings (SSSR count). The van der Waals surface area contributed by atoms with E-state index in [-0.39, 0.29) is 11.9 Å². The third-order valence-electron chi connectivity index (χ3n) is 6.73. The first-order valence-corrected chi connectivity index (χ1v) is 11.4. The molecular weight excluding hydrogens is 407 g/mol. The molecule has 0 bridgehead atoms. The van der Waals surface area contributed by atoms with E-state index in [1.54, 1.807) is 13.2 Å². The monoisotopic (exact) mass is 436 g/mol. The maximum Gasteiger partial charge on any atom is 0.173 e. The number of rotatable bonds is 6. The summed E-state index contributed by atoms with van der Waals surface area (Å²) in [6.45, 7) is 3.24. The predicted molar refractivity (Wildman–Crippen MR) is 120 cm³/mol. The lowest BCUT2D eigenvalue weighted by atomic mass is 10.0. The molecule has 1 saturated carbocycles. The maximum absolute atomic E-state index is 15.0. The Labute approximate surface area is 187 Å². The number of nitrogens with zero attached hydrogens (tertiary/aromatic N) is 6. The number of hydrogen-bond acceptors (Lipinski definition) is 6. The van der Waals surface area contributed by atoms with Crippen molar-refractivity contribution in [1.29, 1.82) is 0 Å².